The van der Waals surface area contributed by atoms with Gasteiger partial charge in [-0.1, -0.05) is 6.92 Å². The highest BCUT2D eigenvalue weighted by atomic mass is 19.1. The molecular formula is C18H16FN3O2. The topological polar surface area (TPSA) is 56.5 Å². The van der Waals surface area contributed by atoms with Gasteiger partial charge in [0.25, 0.3) is 0 Å². The quantitative estimate of drug-likeness (QED) is 0.693. The molecule has 0 radical (unpaired) electrons. The van der Waals surface area contributed by atoms with Crippen molar-refractivity contribution in [2.75, 3.05) is 7.11 Å². The molecule has 1 saturated carbocycles. The van der Waals surface area contributed by atoms with Crippen molar-refractivity contribution in [3.05, 3.63) is 53.6 Å². The molecule has 0 spiro atoms. The second kappa shape index (κ2) is 5.12. The SMILES string of the molecule is COC(=O)c1cn2nc(-c3ccc(F)cc3)cc(C3(C)CC3)c2n1. The summed E-state index contributed by atoms with van der Waals surface area (Å²) < 4.78 is 19.5. The standard InChI is InChI=1S/C18H16FN3O2/c1-18(7-8-18)13-9-14(11-3-5-12(19)6-4-11)21-22-10-15(17(23)24-2)20-16(13)22/h3-6,9-10H,7-8H2,1-2H3. The van der Waals surface area contributed by atoms with Gasteiger partial charge in [0.15, 0.2) is 11.3 Å². The Labute approximate surface area is 138 Å². The Morgan fingerprint density at radius 1 is 1.29 bits per heavy atom. The van der Waals surface area contributed by atoms with E-state index in [0.717, 1.165) is 29.7 Å². The zero-order chi connectivity index (χ0) is 16.9. The predicted molar refractivity (Wildman–Crippen MR) is 86.3 cm³/mol. The first-order valence-corrected chi connectivity index (χ1v) is 7.75. The Bertz CT molecular complexity index is 943. The van der Waals surface area contributed by atoms with E-state index in [2.05, 4.69) is 17.0 Å². The zero-order valence-electron chi connectivity index (χ0n) is 13.4. The predicted octanol–water partition coefficient (Wildman–Crippen LogP) is 3.37. The molecule has 3 aromatic rings. The zero-order valence-corrected chi connectivity index (χ0v) is 13.4. The van der Waals surface area contributed by atoms with Crippen LogP contribution in [-0.4, -0.2) is 27.7 Å². The van der Waals surface area contributed by atoms with Gasteiger partial charge >= 0.3 is 5.97 Å². The van der Waals surface area contributed by atoms with Crippen molar-refractivity contribution in [3.63, 3.8) is 0 Å². The molecule has 0 amide bonds. The number of fused-ring (bicyclic) bond motifs is 1. The molecule has 0 N–H and O–H groups in total. The van der Waals surface area contributed by atoms with Gasteiger partial charge in [-0.2, -0.15) is 5.10 Å². The van der Waals surface area contributed by atoms with Gasteiger partial charge in [-0.15, -0.1) is 0 Å². The van der Waals surface area contributed by atoms with Gasteiger partial charge in [-0.05, 0) is 48.6 Å². The maximum absolute atomic E-state index is 13.2. The minimum Gasteiger partial charge on any atom is -0.464 e. The van der Waals surface area contributed by atoms with Crippen LogP contribution in [0.1, 0.15) is 35.8 Å². The molecule has 4 rings (SSSR count). The lowest BCUT2D eigenvalue weighted by molar-refractivity contribution is 0.0594. The number of carbonyl (C=O) groups excluding carboxylic acids is 1. The van der Waals surface area contributed by atoms with E-state index < -0.39 is 5.97 Å². The Morgan fingerprint density at radius 2 is 2.00 bits per heavy atom. The molecule has 0 bridgehead atoms. The number of rotatable bonds is 3. The number of carbonyl (C=O) groups is 1. The summed E-state index contributed by atoms with van der Waals surface area (Å²) in [4.78, 5) is 16.2. The minimum atomic E-state index is -0.490. The lowest BCUT2D eigenvalue weighted by atomic mass is 9.98. The van der Waals surface area contributed by atoms with Gasteiger partial charge in [-0.25, -0.2) is 18.7 Å². The highest BCUT2D eigenvalue weighted by Crippen LogP contribution is 2.49. The van der Waals surface area contributed by atoms with Gasteiger partial charge in [-0.3, -0.25) is 0 Å². The molecule has 1 aromatic carbocycles. The molecule has 0 aliphatic heterocycles. The highest BCUT2D eigenvalue weighted by molar-refractivity contribution is 5.88. The van der Waals surface area contributed by atoms with Gasteiger partial charge in [0, 0.05) is 11.1 Å². The summed E-state index contributed by atoms with van der Waals surface area (Å²) in [5.41, 5.74) is 3.52. The third-order valence-corrected chi connectivity index (χ3v) is 4.61. The van der Waals surface area contributed by atoms with Crippen LogP contribution in [0.2, 0.25) is 0 Å². The summed E-state index contributed by atoms with van der Waals surface area (Å²) in [6.07, 6.45) is 3.70. The molecule has 1 fully saturated rings. The summed E-state index contributed by atoms with van der Waals surface area (Å²) in [7, 11) is 1.33. The Hall–Kier alpha value is -2.76. The molecule has 0 atom stereocenters. The normalized spacial score (nSPS) is 15.5. The molecular weight excluding hydrogens is 309 g/mol. The van der Waals surface area contributed by atoms with Crippen molar-refractivity contribution in [3.8, 4) is 11.3 Å². The summed E-state index contributed by atoms with van der Waals surface area (Å²) >= 11 is 0. The lowest BCUT2D eigenvalue weighted by Crippen LogP contribution is -2.06. The van der Waals surface area contributed by atoms with Crippen LogP contribution in [0.3, 0.4) is 0 Å². The van der Waals surface area contributed by atoms with E-state index in [4.69, 9.17) is 4.74 Å². The van der Waals surface area contributed by atoms with E-state index in [1.165, 1.54) is 19.2 Å². The van der Waals surface area contributed by atoms with Crippen molar-refractivity contribution < 1.29 is 13.9 Å². The van der Waals surface area contributed by atoms with Crippen LogP contribution < -0.4 is 0 Å². The maximum Gasteiger partial charge on any atom is 0.358 e. The Balaban J connectivity index is 1.93. The van der Waals surface area contributed by atoms with Gasteiger partial charge in [0.05, 0.1) is 19.0 Å². The molecule has 2 heterocycles. The molecule has 0 unspecified atom stereocenters. The van der Waals surface area contributed by atoms with E-state index in [0.29, 0.717) is 5.65 Å². The fourth-order valence-electron chi connectivity index (χ4n) is 2.84. The molecule has 2 aromatic heterocycles. The fraction of sp³-hybridized carbons (Fsp3) is 0.278. The smallest absolute Gasteiger partial charge is 0.358 e. The van der Waals surface area contributed by atoms with Crippen LogP contribution in [0.15, 0.2) is 36.5 Å². The summed E-state index contributed by atoms with van der Waals surface area (Å²) in [6, 6.07) is 8.20. The number of esters is 1. The largest absolute Gasteiger partial charge is 0.464 e. The number of ether oxygens (including phenoxy) is 1. The lowest BCUT2D eigenvalue weighted by Gasteiger charge is -2.12. The van der Waals surface area contributed by atoms with Crippen LogP contribution in [-0.2, 0) is 10.2 Å². The number of aromatic nitrogens is 3. The fourth-order valence-corrected chi connectivity index (χ4v) is 2.84. The monoisotopic (exact) mass is 325 g/mol. The van der Waals surface area contributed by atoms with Gasteiger partial charge in [0.1, 0.15) is 5.82 Å². The van der Waals surface area contributed by atoms with Crippen LogP contribution in [0, 0.1) is 5.82 Å². The summed E-state index contributed by atoms with van der Waals surface area (Å²) in [6.45, 7) is 2.17. The first kappa shape index (κ1) is 14.8. The maximum atomic E-state index is 13.2. The first-order valence-electron chi connectivity index (χ1n) is 7.75. The van der Waals surface area contributed by atoms with Crippen molar-refractivity contribution in [1.82, 2.24) is 14.6 Å². The van der Waals surface area contributed by atoms with E-state index in [1.54, 1.807) is 22.8 Å². The van der Waals surface area contributed by atoms with E-state index >= 15 is 0 Å². The van der Waals surface area contributed by atoms with Crippen LogP contribution in [0.25, 0.3) is 16.9 Å². The van der Waals surface area contributed by atoms with Crippen LogP contribution in [0.4, 0.5) is 4.39 Å². The Kier molecular flexibility index (Phi) is 3.16. The van der Waals surface area contributed by atoms with E-state index in [-0.39, 0.29) is 16.9 Å². The number of benzene rings is 1. The second-order valence-corrected chi connectivity index (χ2v) is 6.40. The average molecular weight is 325 g/mol. The van der Waals surface area contributed by atoms with E-state index in [9.17, 15) is 9.18 Å². The molecule has 24 heavy (non-hydrogen) atoms. The first-order chi connectivity index (χ1) is 11.5. The van der Waals surface area contributed by atoms with Crippen molar-refractivity contribution in [2.45, 2.75) is 25.2 Å². The number of imidazole rings is 1. The van der Waals surface area contributed by atoms with Crippen molar-refractivity contribution in [2.24, 2.45) is 0 Å². The van der Waals surface area contributed by atoms with Crippen molar-refractivity contribution >= 4 is 11.6 Å². The number of halogens is 1. The van der Waals surface area contributed by atoms with Crippen LogP contribution in [0.5, 0.6) is 0 Å². The minimum absolute atomic E-state index is 0.0394. The third-order valence-electron chi connectivity index (χ3n) is 4.61. The third kappa shape index (κ3) is 2.35. The molecule has 1 aliphatic rings. The number of methoxy groups -OCH3 is 1. The average Bonchev–Trinajstić information content (AvgIpc) is 3.19. The molecule has 1 aliphatic carbocycles. The number of hydrogen-bond donors (Lipinski definition) is 0. The number of hydrogen-bond acceptors (Lipinski definition) is 4. The summed E-state index contributed by atoms with van der Waals surface area (Å²) in [5, 5.41) is 4.54. The molecule has 5 nitrogen and oxygen atoms in total. The van der Waals surface area contributed by atoms with Crippen molar-refractivity contribution in [1.29, 1.82) is 0 Å². The Morgan fingerprint density at radius 3 is 2.62 bits per heavy atom. The molecule has 0 saturated heterocycles. The van der Waals surface area contributed by atoms with Gasteiger partial charge < -0.3 is 4.74 Å². The van der Waals surface area contributed by atoms with Gasteiger partial charge in [0.2, 0.25) is 0 Å². The van der Waals surface area contributed by atoms with Crippen LogP contribution >= 0.6 is 0 Å². The second-order valence-electron chi connectivity index (χ2n) is 6.40. The number of nitrogens with zero attached hydrogens (tertiary/aromatic N) is 3. The van der Waals surface area contributed by atoms with E-state index in [1.807, 2.05) is 6.07 Å². The molecule has 122 valence electrons. The summed E-state index contributed by atoms with van der Waals surface area (Å²) in [5.74, 6) is -0.777. The molecule has 6 heteroatoms. The highest BCUT2D eigenvalue weighted by Gasteiger charge is 2.41.